The van der Waals surface area contributed by atoms with E-state index in [1.54, 1.807) is 12.1 Å². The van der Waals surface area contributed by atoms with Crippen LogP contribution < -0.4 is 4.74 Å². The topological polar surface area (TPSA) is 25.0 Å². The monoisotopic (exact) mass is 309 g/mol. The first-order valence-electron chi connectivity index (χ1n) is 6.10. The van der Waals surface area contributed by atoms with Crippen molar-refractivity contribution in [1.82, 2.24) is 4.98 Å². The molecule has 0 saturated heterocycles. The van der Waals surface area contributed by atoms with E-state index in [0.29, 0.717) is 0 Å². The molecule has 0 fully saturated rings. The molecule has 2 aromatic carbocycles. The fourth-order valence-electron chi connectivity index (χ4n) is 1.94. The third-order valence-corrected chi connectivity index (χ3v) is 3.82. The Hall–Kier alpha value is -2.08. The molecule has 6 heteroatoms. The Balaban J connectivity index is 1.75. The number of aromatic nitrogens is 1. The van der Waals surface area contributed by atoms with E-state index in [1.807, 2.05) is 30.5 Å². The van der Waals surface area contributed by atoms with Crippen LogP contribution >= 0.6 is 11.8 Å². The van der Waals surface area contributed by atoms with E-state index >= 15 is 0 Å². The Bertz CT molecular complexity index is 749. The fraction of sp³-hybridized carbons (Fsp3) is 0.0667. The van der Waals surface area contributed by atoms with Gasteiger partial charge >= 0.3 is 6.36 Å². The van der Waals surface area contributed by atoms with Gasteiger partial charge in [-0.15, -0.1) is 13.2 Å². The van der Waals surface area contributed by atoms with Gasteiger partial charge in [-0.2, -0.15) is 0 Å². The van der Waals surface area contributed by atoms with Gasteiger partial charge in [0.05, 0.1) is 0 Å². The summed E-state index contributed by atoms with van der Waals surface area (Å²) in [6, 6.07) is 13.8. The summed E-state index contributed by atoms with van der Waals surface area (Å²) in [5, 5.41) is 1.09. The molecule has 1 aromatic heterocycles. The van der Waals surface area contributed by atoms with Crippen molar-refractivity contribution >= 4 is 22.7 Å². The number of fused-ring (bicyclic) bond motifs is 1. The number of ether oxygens (including phenoxy) is 1. The van der Waals surface area contributed by atoms with Crippen molar-refractivity contribution < 1.29 is 17.9 Å². The van der Waals surface area contributed by atoms with Crippen molar-refractivity contribution in [2.45, 2.75) is 16.2 Å². The summed E-state index contributed by atoms with van der Waals surface area (Å²) in [6.07, 6.45) is -2.80. The number of H-pyrrole nitrogens is 1. The molecule has 0 spiro atoms. The van der Waals surface area contributed by atoms with E-state index in [1.165, 1.54) is 23.9 Å². The van der Waals surface area contributed by atoms with Crippen LogP contribution in [0.3, 0.4) is 0 Å². The zero-order chi connectivity index (χ0) is 14.9. The molecule has 3 rings (SSSR count). The van der Waals surface area contributed by atoms with Crippen molar-refractivity contribution in [2.24, 2.45) is 0 Å². The van der Waals surface area contributed by atoms with Gasteiger partial charge in [-0.3, -0.25) is 0 Å². The molecule has 21 heavy (non-hydrogen) atoms. The van der Waals surface area contributed by atoms with Gasteiger partial charge in [0.2, 0.25) is 0 Å². The summed E-state index contributed by atoms with van der Waals surface area (Å²) in [6.45, 7) is 0. The van der Waals surface area contributed by atoms with E-state index in [9.17, 15) is 13.2 Å². The van der Waals surface area contributed by atoms with Crippen LogP contribution in [0.15, 0.2) is 64.5 Å². The van der Waals surface area contributed by atoms with Crippen LogP contribution in [0, 0.1) is 0 Å². The van der Waals surface area contributed by atoms with Crippen molar-refractivity contribution in [1.29, 1.82) is 0 Å². The highest BCUT2D eigenvalue weighted by Crippen LogP contribution is 2.32. The average molecular weight is 309 g/mol. The maximum absolute atomic E-state index is 12.1. The maximum atomic E-state index is 12.1. The van der Waals surface area contributed by atoms with Crippen LogP contribution in [0.1, 0.15) is 0 Å². The van der Waals surface area contributed by atoms with E-state index in [4.69, 9.17) is 0 Å². The molecule has 3 aromatic rings. The Morgan fingerprint density at radius 3 is 2.33 bits per heavy atom. The van der Waals surface area contributed by atoms with Gasteiger partial charge in [-0.1, -0.05) is 11.8 Å². The largest absolute Gasteiger partial charge is 0.573 e. The summed E-state index contributed by atoms with van der Waals surface area (Å²) in [4.78, 5) is 4.97. The van der Waals surface area contributed by atoms with Gasteiger partial charge in [0, 0.05) is 26.9 Å². The smallest absolute Gasteiger partial charge is 0.406 e. The Kier molecular flexibility index (Phi) is 3.55. The number of nitrogens with one attached hydrogen (secondary N) is 1. The minimum Gasteiger partial charge on any atom is -0.406 e. The second kappa shape index (κ2) is 5.37. The fourth-order valence-corrected chi connectivity index (χ4v) is 2.81. The van der Waals surface area contributed by atoms with Gasteiger partial charge < -0.3 is 9.72 Å². The van der Waals surface area contributed by atoms with Crippen molar-refractivity contribution in [2.75, 3.05) is 0 Å². The number of halogens is 3. The summed E-state index contributed by atoms with van der Waals surface area (Å²) < 4.78 is 40.1. The number of aromatic amines is 1. The van der Waals surface area contributed by atoms with Crippen molar-refractivity contribution in [3.8, 4) is 5.75 Å². The van der Waals surface area contributed by atoms with Gasteiger partial charge in [0.25, 0.3) is 0 Å². The van der Waals surface area contributed by atoms with Gasteiger partial charge in [-0.05, 0) is 48.5 Å². The second-order valence-electron chi connectivity index (χ2n) is 4.35. The number of rotatable bonds is 3. The number of hydrogen-bond acceptors (Lipinski definition) is 2. The first-order chi connectivity index (χ1) is 9.99. The summed E-state index contributed by atoms with van der Waals surface area (Å²) >= 11 is 1.48. The van der Waals surface area contributed by atoms with Crippen LogP contribution in [-0.2, 0) is 0 Å². The second-order valence-corrected chi connectivity index (χ2v) is 5.49. The lowest BCUT2D eigenvalue weighted by molar-refractivity contribution is -0.274. The van der Waals surface area contributed by atoms with Crippen LogP contribution in [0.2, 0.25) is 0 Å². The molecule has 1 heterocycles. The van der Waals surface area contributed by atoms with Crippen LogP contribution in [-0.4, -0.2) is 11.3 Å². The van der Waals surface area contributed by atoms with E-state index in [-0.39, 0.29) is 5.75 Å². The first-order valence-corrected chi connectivity index (χ1v) is 6.92. The van der Waals surface area contributed by atoms with Crippen molar-refractivity contribution in [3.63, 3.8) is 0 Å². The summed E-state index contributed by atoms with van der Waals surface area (Å²) in [7, 11) is 0. The normalized spacial score (nSPS) is 11.8. The quantitative estimate of drug-likeness (QED) is 0.717. The van der Waals surface area contributed by atoms with E-state index in [0.717, 1.165) is 20.7 Å². The highest BCUT2D eigenvalue weighted by Gasteiger charge is 2.30. The minimum atomic E-state index is -4.66. The predicted molar refractivity (Wildman–Crippen MR) is 75.5 cm³/mol. The molecule has 0 amide bonds. The highest BCUT2D eigenvalue weighted by molar-refractivity contribution is 7.99. The molecule has 108 valence electrons. The summed E-state index contributed by atoms with van der Waals surface area (Å²) in [5.74, 6) is -0.215. The standard InChI is InChI=1S/C15H10F3NOS/c16-15(17,18)20-11-1-3-12(4-2-11)21-13-5-6-14-10(9-13)7-8-19-14/h1-9,19H. The molecule has 0 atom stereocenters. The average Bonchev–Trinajstić information content (AvgIpc) is 2.87. The first kappa shape index (κ1) is 13.9. The molecule has 0 bridgehead atoms. The molecule has 0 aliphatic carbocycles. The van der Waals surface area contributed by atoms with Gasteiger partial charge in [0.1, 0.15) is 5.75 Å². The lowest BCUT2D eigenvalue weighted by Crippen LogP contribution is -2.16. The molecular formula is C15H10F3NOS. The minimum absolute atomic E-state index is 0.215. The highest BCUT2D eigenvalue weighted by atomic mass is 32.2. The number of hydrogen-bond donors (Lipinski definition) is 1. The summed E-state index contributed by atoms with van der Waals surface area (Å²) in [5.41, 5.74) is 1.05. The number of alkyl halides is 3. The zero-order valence-electron chi connectivity index (χ0n) is 10.6. The van der Waals surface area contributed by atoms with Gasteiger partial charge in [0.15, 0.2) is 0 Å². The van der Waals surface area contributed by atoms with Gasteiger partial charge in [-0.25, -0.2) is 0 Å². The Morgan fingerprint density at radius 1 is 0.905 bits per heavy atom. The lowest BCUT2D eigenvalue weighted by Gasteiger charge is -2.09. The third kappa shape index (κ3) is 3.52. The molecule has 2 nitrogen and oxygen atoms in total. The maximum Gasteiger partial charge on any atom is 0.573 e. The van der Waals surface area contributed by atoms with Crippen LogP contribution in [0.5, 0.6) is 5.75 Å². The zero-order valence-corrected chi connectivity index (χ0v) is 11.5. The lowest BCUT2D eigenvalue weighted by atomic mass is 10.2. The molecule has 0 saturated carbocycles. The number of benzene rings is 2. The molecule has 0 aliphatic heterocycles. The van der Waals surface area contributed by atoms with Crippen molar-refractivity contribution in [3.05, 3.63) is 54.7 Å². The molecule has 0 aliphatic rings. The van der Waals surface area contributed by atoms with E-state index < -0.39 is 6.36 Å². The molecular weight excluding hydrogens is 299 g/mol. The van der Waals surface area contributed by atoms with E-state index in [2.05, 4.69) is 9.72 Å². The molecule has 0 radical (unpaired) electrons. The molecule has 0 unspecified atom stereocenters. The Morgan fingerprint density at radius 2 is 1.62 bits per heavy atom. The molecule has 1 N–H and O–H groups in total. The van der Waals surface area contributed by atoms with Crippen LogP contribution in [0.4, 0.5) is 13.2 Å². The Labute approximate surface area is 122 Å². The van der Waals surface area contributed by atoms with Crippen LogP contribution in [0.25, 0.3) is 10.9 Å². The third-order valence-electron chi connectivity index (χ3n) is 2.82. The predicted octanol–water partition coefficient (Wildman–Crippen LogP) is 5.22. The SMILES string of the molecule is FC(F)(F)Oc1ccc(Sc2ccc3[nH]ccc3c2)cc1.